The van der Waals surface area contributed by atoms with Crippen LogP contribution in [0.15, 0.2) is 22.7 Å². The lowest BCUT2D eigenvalue weighted by molar-refractivity contribution is 0.173. The summed E-state index contributed by atoms with van der Waals surface area (Å²) in [5.74, 6) is 0.838. The summed E-state index contributed by atoms with van der Waals surface area (Å²) < 4.78 is 0.981. The molecule has 0 heterocycles. The van der Waals surface area contributed by atoms with E-state index in [4.69, 9.17) is 5.26 Å². The van der Waals surface area contributed by atoms with Crippen molar-refractivity contribution < 1.29 is 0 Å². The Morgan fingerprint density at radius 2 is 1.85 bits per heavy atom. The van der Waals surface area contributed by atoms with Crippen LogP contribution in [0, 0.1) is 22.7 Å². The lowest BCUT2D eigenvalue weighted by Crippen LogP contribution is -2.31. The number of rotatable bonds is 2. The Hall–Kier alpha value is -1.01. The molecular weight excluding hydrogens is 312 g/mol. The Kier molecular flexibility index (Phi) is 4.75. The van der Waals surface area contributed by atoms with Crippen molar-refractivity contribution in [1.29, 1.82) is 5.26 Å². The fourth-order valence-corrected chi connectivity index (χ4v) is 3.52. The molecule has 1 aromatic carbocycles. The van der Waals surface area contributed by atoms with E-state index in [1.807, 2.05) is 18.2 Å². The Labute approximate surface area is 130 Å². The Balaban J connectivity index is 1.95. The standard InChI is InChI=1S/C17H23BrN2/c1-17(2,3)13-5-7-14(8-6-13)20-16-9-4-12(11-19)10-15(16)18/h4,9-10,13-14,20H,5-8H2,1-3H3. The largest absolute Gasteiger partial charge is 0.381 e. The Morgan fingerprint density at radius 3 is 2.35 bits per heavy atom. The van der Waals surface area contributed by atoms with Gasteiger partial charge >= 0.3 is 0 Å². The van der Waals surface area contributed by atoms with E-state index in [-0.39, 0.29) is 0 Å². The zero-order valence-corrected chi connectivity index (χ0v) is 14.1. The summed E-state index contributed by atoms with van der Waals surface area (Å²) >= 11 is 3.54. The van der Waals surface area contributed by atoms with Crippen LogP contribution in [0.4, 0.5) is 5.69 Å². The predicted octanol–water partition coefficient (Wildman–Crippen LogP) is 5.34. The maximum Gasteiger partial charge on any atom is 0.0992 e. The molecule has 1 fully saturated rings. The average molecular weight is 335 g/mol. The van der Waals surface area contributed by atoms with Crippen molar-refractivity contribution in [2.45, 2.75) is 52.5 Å². The van der Waals surface area contributed by atoms with Gasteiger partial charge in [-0.2, -0.15) is 5.26 Å². The minimum Gasteiger partial charge on any atom is -0.381 e. The van der Waals surface area contributed by atoms with Gasteiger partial charge in [0, 0.05) is 16.2 Å². The number of hydrogen-bond donors (Lipinski definition) is 1. The first kappa shape index (κ1) is 15.4. The van der Waals surface area contributed by atoms with Gasteiger partial charge in [0.25, 0.3) is 0 Å². The van der Waals surface area contributed by atoms with Gasteiger partial charge in [0.05, 0.1) is 11.6 Å². The quantitative estimate of drug-likeness (QED) is 0.792. The van der Waals surface area contributed by atoms with Crippen LogP contribution in [0.25, 0.3) is 0 Å². The third kappa shape index (κ3) is 3.76. The van der Waals surface area contributed by atoms with Gasteiger partial charge in [0.2, 0.25) is 0 Å². The smallest absolute Gasteiger partial charge is 0.0992 e. The number of halogens is 1. The highest BCUT2D eigenvalue weighted by atomic mass is 79.9. The summed E-state index contributed by atoms with van der Waals surface area (Å²) in [6.45, 7) is 7.05. The van der Waals surface area contributed by atoms with Crippen molar-refractivity contribution in [1.82, 2.24) is 0 Å². The van der Waals surface area contributed by atoms with E-state index in [1.54, 1.807) is 0 Å². The van der Waals surface area contributed by atoms with Crippen molar-refractivity contribution in [3.05, 3.63) is 28.2 Å². The van der Waals surface area contributed by atoms with Crippen molar-refractivity contribution in [2.24, 2.45) is 11.3 Å². The summed E-state index contributed by atoms with van der Waals surface area (Å²) in [4.78, 5) is 0. The van der Waals surface area contributed by atoms with Crippen LogP contribution in [0.3, 0.4) is 0 Å². The number of hydrogen-bond acceptors (Lipinski definition) is 2. The zero-order valence-electron chi connectivity index (χ0n) is 12.5. The third-order valence-corrected chi connectivity index (χ3v) is 5.07. The van der Waals surface area contributed by atoms with Crippen LogP contribution >= 0.6 is 15.9 Å². The second-order valence-corrected chi connectivity index (χ2v) is 7.72. The summed E-state index contributed by atoms with van der Waals surface area (Å²) in [5, 5.41) is 12.5. The van der Waals surface area contributed by atoms with Crippen molar-refractivity contribution in [3.8, 4) is 6.07 Å². The highest BCUT2D eigenvalue weighted by molar-refractivity contribution is 9.10. The van der Waals surface area contributed by atoms with Crippen molar-refractivity contribution in [3.63, 3.8) is 0 Å². The number of nitrogens with one attached hydrogen (secondary N) is 1. The van der Waals surface area contributed by atoms with E-state index in [0.29, 0.717) is 17.0 Å². The summed E-state index contributed by atoms with van der Waals surface area (Å²) in [7, 11) is 0. The first-order valence-electron chi connectivity index (χ1n) is 7.36. The second kappa shape index (κ2) is 6.18. The van der Waals surface area contributed by atoms with Crippen LogP contribution in [-0.2, 0) is 0 Å². The fraction of sp³-hybridized carbons (Fsp3) is 0.588. The first-order valence-corrected chi connectivity index (χ1v) is 8.15. The highest BCUT2D eigenvalue weighted by Gasteiger charge is 2.29. The summed E-state index contributed by atoms with van der Waals surface area (Å²) in [6, 6.07) is 8.46. The normalized spacial score (nSPS) is 23.1. The lowest BCUT2D eigenvalue weighted by Gasteiger charge is -2.37. The Morgan fingerprint density at radius 1 is 1.20 bits per heavy atom. The zero-order chi connectivity index (χ0) is 14.8. The molecule has 1 aliphatic carbocycles. The molecule has 0 amide bonds. The predicted molar refractivity (Wildman–Crippen MR) is 87.7 cm³/mol. The van der Waals surface area contributed by atoms with E-state index >= 15 is 0 Å². The van der Waals surface area contributed by atoms with Crippen molar-refractivity contribution in [2.75, 3.05) is 5.32 Å². The second-order valence-electron chi connectivity index (χ2n) is 6.87. The van der Waals surface area contributed by atoms with E-state index < -0.39 is 0 Å². The molecule has 0 atom stereocenters. The maximum atomic E-state index is 8.89. The molecule has 0 radical (unpaired) electrons. The van der Waals surface area contributed by atoms with Crippen LogP contribution in [0.5, 0.6) is 0 Å². The first-order chi connectivity index (χ1) is 9.40. The third-order valence-electron chi connectivity index (χ3n) is 4.41. The number of benzene rings is 1. The summed E-state index contributed by atoms with van der Waals surface area (Å²) in [5.41, 5.74) is 2.22. The molecule has 0 aliphatic heterocycles. The molecule has 3 heteroatoms. The highest BCUT2D eigenvalue weighted by Crippen LogP contribution is 2.38. The molecule has 1 aliphatic rings. The Bertz CT molecular complexity index is 503. The van der Waals surface area contributed by atoms with Gasteiger partial charge in [-0.3, -0.25) is 0 Å². The molecule has 0 aromatic heterocycles. The fourth-order valence-electron chi connectivity index (χ4n) is 3.03. The van der Waals surface area contributed by atoms with Gasteiger partial charge < -0.3 is 5.32 Å². The molecule has 108 valence electrons. The minimum atomic E-state index is 0.431. The molecule has 2 rings (SSSR count). The average Bonchev–Trinajstić information content (AvgIpc) is 2.40. The molecule has 0 saturated heterocycles. The summed E-state index contributed by atoms with van der Waals surface area (Å²) in [6.07, 6.45) is 5.06. The molecule has 1 saturated carbocycles. The molecule has 20 heavy (non-hydrogen) atoms. The molecule has 0 unspecified atom stereocenters. The van der Waals surface area contributed by atoms with Gasteiger partial charge in [0.15, 0.2) is 0 Å². The SMILES string of the molecule is CC(C)(C)C1CCC(Nc2ccc(C#N)cc2Br)CC1. The molecule has 1 N–H and O–H groups in total. The molecular formula is C17H23BrN2. The van der Waals surface area contributed by atoms with Crippen LogP contribution in [-0.4, -0.2) is 6.04 Å². The van der Waals surface area contributed by atoms with Crippen LogP contribution in [0.1, 0.15) is 52.0 Å². The van der Waals surface area contributed by atoms with E-state index in [9.17, 15) is 0 Å². The molecule has 2 nitrogen and oxygen atoms in total. The van der Waals surface area contributed by atoms with Gasteiger partial charge in [-0.25, -0.2) is 0 Å². The van der Waals surface area contributed by atoms with Crippen LogP contribution in [0.2, 0.25) is 0 Å². The molecule has 0 spiro atoms. The minimum absolute atomic E-state index is 0.431. The van der Waals surface area contributed by atoms with Gasteiger partial charge in [-0.15, -0.1) is 0 Å². The van der Waals surface area contributed by atoms with Crippen LogP contribution < -0.4 is 5.32 Å². The van der Waals surface area contributed by atoms with Gasteiger partial charge in [-0.1, -0.05) is 20.8 Å². The topological polar surface area (TPSA) is 35.8 Å². The monoisotopic (exact) mass is 334 g/mol. The van der Waals surface area contributed by atoms with Gasteiger partial charge in [-0.05, 0) is 71.1 Å². The number of anilines is 1. The van der Waals surface area contributed by atoms with Crippen molar-refractivity contribution >= 4 is 21.6 Å². The molecule has 1 aromatic rings. The maximum absolute atomic E-state index is 8.89. The molecule has 0 bridgehead atoms. The number of nitriles is 1. The van der Waals surface area contributed by atoms with E-state index in [0.717, 1.165) is 16.1 Å². The van der Waals surface area contributed by atoms with E-state index in [1.165, 1.54) is 25.7 Å². The lowest BCUT2D eigenvalue weighted by atomic mass is 9.71. The van der Waals surface area contributed by atoms with Gasteiger partial charge in [0.1, 0.15) is 0 Å². The number of nitrogens with zero attached hydrogens (tertiary/aromatic N) is 1. The van der Waals surface area contributed by atoms with E-state index in [2.05, 4.69) is 48.1 Å².